The highest BCUT2D eigenvalue weighted by molar-refractivity contribution is 5.91. The molecule has 2 heterocycles. The molecule has 1 aliphatic carbocycles. The molecule has 0 radical (unpaired) electrons. The zero-order chi connectivity index (χ0) is 21.1. The quantitative estimate of drug-likeness (QED) is 0.557. The Hall–Kier alpha value is -1.88. The van der Waals surface area contributed by atoms with Crippen molar-refractivity contribution in [3.8, 4) is 0 Å². The molecule has 1 spiro atoms. The van der Waals surface area contributed by atoms with Gasteiger partial charge in [-0.2, -0.15) is 0 Å². The van der Waals surface area contributed by atoms with Crippen LogP contribution >= 0.6 is 0 Å². The van der Waals surface area contributed by atoms with Crippen molar-refractivity contribution in [3.63, 3.8) is 0 Å². The highest BCUT2D eigenvalue weighted by Crippen LogP contribution is 2.51. The average Bonchev–Trinajstić information content (AvgIpc) is 2.78. The first-order valence-electron chi connectivity index (χ1n) is 11.9. The van der Waals surface area contributed by atoms with E-state index in [-0.39, 0.29) is 11.9 Å². The second-order valence-corrected chi connectivity index (χ2v) is 9.85. The summed E-state index contributed by atoms with van der Waals surface area (Å²) in [4.78, 5) is 27.1. The van der Waals surface area contributed by atoms with Crippen LogP contribution in [0, 0.1) is 17.8 Å². The maximum absolute atomic E-state index is 14.1. The van der Waals surface area contributed by atoms with Crippen LogP contribution in [0.5, 0.6) is 0 Å². The molecule has 3 aliphatic rings. The van der Waals surface area contributed by atoms with Crippen molar-refractivity contribution in [2.75, 3.05) is 26.2 Å². The van der Waals surface area contributed by atoms with E-state index in [0.717, 1.165) is 44.2 Å². The molecular formula is C25H37N3O2. The molecule has 1 unspecified atom stereocenters. The highest BCUT2D eigenvalue weighted by Gasteiger charge is 2.52. The molecule has 2 fully saturated rings. The van der Waals surface area contributed by atoms with Crippen LogP contribution in [0.1, 0.15) is 69.5 Å². The molecule has 5 heteroatoms. The molecule has 2 aliphatic heterocycles. The number of carbonyl (C=O) groups is 2. The number of nitrogens with one attached hydrogen (secondary N) is 2. The first kappa shape index (κ1) is 21.4. The number of amides is 2. The third-order valence-corrected chi connectivity index (χ3v) is 8.04. The monoisotopic (exact) mass is 411 g/mol. The Morgan fingerprint density at radius 3 is 2.53 bits per heavy atom. The number of nitrogens with zero attached hydrogens (tertiary/aromatic N) is 1. The first-order valence-corrected chi connectivity index (χ1v) is 11.9. The summed E-state index contributed by atoms with van der Waals surface area (Å²) in [6.07, 6.45) is 7.32. The zero-order valence-corrected chi connectivity index (χ0v) is 18.5. The molecule has 1 aromatic rings. The van der Waals surface area contributed by atoms with E-state index in [1.54, 1.807) is 0 Å². The van der Waals surface area contributed by atoms with Gasteiger partial charge in [-0.05, 0) is 80.5 Å². The van der Waals surface area contributed by atoms with E-state index in [2.05, 4.69) is 53.6 Å². The number of hydrogen-bond acceptors (Lipinski definition) is 3. The molecule has 0 bridgehead atoms. The summed E-state index contributed by atoms with van der Waals surface area (Å²) in [6.45, 7) is 7.54. The number of benzene rings is 1. The van der Waals surface area contributed by atoms with Gasteiger partial charge in [-0.3, -0.25) is 9.59 Å². The normalized spacial score (nSPS) is 28.4. The number of fused-ring (bicyclic) bond motifs is 2. The van der Waals surface area contributed by atoms with Gasteiger partial charge in [0.15, 0.2) is 0 Å². The van der Waals surface area contributed by atoms with Crippen molar-refractivity contribution in [2.45, 2.75) is 63.8 Å². The number of rotatable bonds is 6. The summed E-state index contributed by atoms with van der Waals surface area (Å²) in [6, 6.07) is 8.86. The van der Waals surface area contributed by atoms with E-state index in [9.17, 15) is 9.59 Å². The molecule has 4 rings (SSSR count). The van der Waals surface area contributed by atoms with Gasteiger partial charge in [0.25, 0.3) is 0 Å². The lowest BCUT2D eigenvalue weighted by Crippen LogP contribution is -2.58. The molecule has 1 aromatic carbocycles. The lowest BCUT2D eigenvalue weighted by molar-refractivity contribution is -0.145. The van der Waals surface area contributed by atoms with Crippen molar-refractivity contribution < 1.29 is 9.59 Å². The lowest BCUT2D eigenvalue weighted by atomic mass is 9.64. The van der Waals surface area contributed by atoms with Gasteiger partial charge >= 0.3 is 0 Å². The molecule has 1 atom stereocenters. The van der Waals surface area contributed by atoms with Gasteiger partial charge in [0.2, 0.25) is 12.3 Å². The molecule has 2 N–H and O–H groups in total. The summed E-state index contributed by atoms with van der Waals surface area (Å²) >= 11 is 0. The minimum absolute atomic E-state index is 0.135. The summed E-state index contributed by atoms with van der Waals surface area (Å²) in [7, 11) is 0. The van der Waals surface area contributed by atoms with Crippen molar-refractivity contribution >= 4 is 12.3 Å². The number of carbonyl (C=O) groups excluding carboxylic acids is 2. The number of piperidine rings is 1. The van der Waals surface area contributed by atoms with Crippen LogP contribution in [0.2, 0.25) is 0 Å². The van der Waals surface area contributed by atoms with E-state index >= 15 is 0 Å². The van der Waals surface area contributed by atoms with Crippen molar-refractivity contribution in [2.24, 2.45) is 17.8 Å². The smallest absolute Gasteiger partial charge is 0.233 e. The molecule has 2 amide bonds. The Balaban J connectivity index is 1.70. The Labute approximate surface area is 181 Å². The molecule has 0 aromatic heterocycles. The van der Waals surface area contributed by atoms with Crippen molar-refractivity contribution in [1.29, 1.82) is 0 Å². The fraction of sp³-hybridized carbons (Fsp3) is 0.680. The van der Waals surface area contributed by atoms with Gasteiger partial charge in [-0.15, -0.1) is 0 Å². The van der Waals surface area contributed by atoms with Gasteiger partial charge in [-0.25, -0.2) is 0 Å². The summed E-state index contributed by atoms with van der Waals surface area (Å²) < 4.78 is 0. The third-order valence-electron chi connectivity index (χ3n) is 8.04. The number of hydrogen-bond donors (Lipinski definition) is 2. The van der Waals surface area contributed by atoms with E-state index < -0.39 is 5.41 Å². The van der Waals surface area contributed by atoms with Crippen LogP contribution < -0.4 is 10.6 Å². The third kappa shape index (κ3) is 3.77. The van der Waals surface area contributed by atoms with E-state index in [1.807, 2.05) is 0 Å². The Kier molecular flexibility index (Phi) is 6.47. The molecule has 1 saturated heterocycles. The molecule has 1 saturated carbocycles. The van der Waals surface area contributed by atoms with Crippen LogP contribution in [-0.4, -0.2) is 43.4 Å². The standard InChI is InChI=1S/C25H37N3O2/c1-18(2)19-7-9-20(10-8-19)23-21-5-3-4-6-22(21)25(11-13-26-14-12-25)24(30)28(23)16-15-27-17-29/h3-6,17-20,23,26H,7-16H2,1-2H3,(H,27,29)/t19-,20+,23?. The Morgan fingerprint density at radius 1 is 1.17 bits per heavy atom. The fourth-order valence-corrected chi connectivity index (χ4v) is 6.33. The van der Waals surface area contributed by atoms with Crippen LogP contribution in [-0.2, 0) is 15.0 Å². The largest absolute Gasteiger partial charge is 0.357 e. The second-order valence-electron chi connectivity index (χ2n) is 9.85. The van der Waals surface area contributed by atoms with Gasteiger partial charge in [0.1, 0.15) is 0 Å². The topological polar surface area (TPSA) is 61.4 Å². The second kappa shape index (κ2) is 9.09. The van der Waals surface area contributed by atoms with Gasteiger partial charge < -0.3 is 15.5 Å². The predicted molar refractivity (Wildman–Crippen MR) is 119 cm³/mol. The fourth-order valence-electron chi connectivity index (χ4n) is 6.33. The van der Waals surface area contributed by atoms with E-state index in [0.29, 0.717) is 19.0 Å². The van der Waals surface area contributed by atoms with Crippen molar-refractivity contribution in [3.05, 3.63) is 35.4 Å². The van der Waals surface area contributed by atoms with Crippen LogP contribution in [0.4, 0.5) is 0 Å². The maximum atomic E-state index is 14.1. The predicted octanol–water partition coefficient (Wildman–Crippen LogP) is 3.40. The minimum atomic E-state index is -0.408. The van der Waals surface area contributed by atoms with E-state index in [4.69, 9.17) is 0 Å². The molecule has 30 heavy (non-hydrogen) atoms. The molecular weight excluding hydrogens is 374 g/mol. The summed E-state index contributed by atoms with van der Waals surface area (Å²) in [5.74, 6) is 2.32. The highest BCUT2D eigenvalue weighted by atomic mass is 16.2. The Bertz CT molecular complexity index is 749. The molecule has 164 valence electrons. The zero-order valence-electron chi connectivity index (χ0n) is 18.5. The Morgan fingerprint density at radius 2 is 1.87 bits per heavy atom. The summed E-state index contributed by atoms with van der Waals surface area (Å²) in [5, 5.41) is 6.23. The van der Waals surface area contributed by atoms with Gasteiger partial charge in [0.05, 0.1) is 11.5 Å². The molecule has 5 nitrogen and oxygen atoms in total. The van der Waals surface area contributed by atoms with Crippen LogP contribution in [0.3, 0.4) is 0 Å². The average molecular weight is 412 g/mol. The maximum Gasteiger partial charge on any atom is 0.233 e. The summed E-state index contributed by atoms with van der Waals surface area (Å²) in [5.41, 5.74) is 2.22. The van der Waals surface area contributed by atoms with Crippen molar-refractivity contribution in [1.82, 2.24) is 15.5 Å². The first-order chi connectivity index (χ1) is 14.6. The minimum Gasteiger partial charge on any atom is -0.357 e. The lowest BCUT2D eigenvalue weighted by Gasteiger charge is -2.52. The SMILES string of the molecule is CC(C)[C@H]1CC[C@@H](C2c3ccccc3C3(CCNCC3)C(=O)N2CCNC=O)CC1. The van der Waals surface area contributed by atoms with Gasteiger partial charge in [-0.1, -0.05) is 38.1 Å². The van der Waals surface area contributed by atoms with Crippen LogP contribution in [0.25, 0.3) is 0 Å². The van der Waals surface area contributed by atoms with Gasteiger partial charge in [0, 0.05) is 13.1 Å². The van der Waals surface area contributed by atoms with E-state index in [1.165, 1.54) is 36.8 Å². The van der Waals surface area contributed by atoms with Crippen LogP contribution in [0.15, 0.2) is 24.3 Å².